The second-order valence-corrected chi connectivity index (χ2v) is 5.67. The van der Waals surface area contributed by atoms with E-state index in [0.717, 1.165) is 25.8 Å². The maximum atomic E-state index is 11.2. The van der Waals surface area contributed by atoms with Crippen molar-refractivity contribution in [2.45, 2.75) is 32.2 Å². The van der Waals surface area contributed by atoms with Crippen LogP contribution in [-0.2, 0) is 0 Å². The van der Waals surface area contributed by atoms with Gasteiger partial charge in [0.2, 0.25) is 0 Å². The van der Waals surface area contributed by atoms with Crippen LogP contribution in [0, 0.1) is 10.1 Å². The van der Waals surface area contributed by atoms with Gasteiger partial charge in [0.1, 0.15) is 5.69 Å². The van der Waals surface area contributed by atoms with Crippen molar-refractivity contribution in [1.29, 1.82) is 0 Å². The molecule has 4 nitrogen and oxygen atoms in total. The topological polar surface area (TPSA) is 46.4 Å². The number of hydrogen-bond acceptors (Lipinski definition) is 3. The van der Waals surface area contributed by atoms with Gasteiger partial charge in [-0.1, -0.05) is 18.5 Å². The highest BCUT2D eigenvalue weighted by Crippen LogP contribution is 2.39. The molecule has 0 spiro atoms. The maximum Gasteiger partial charge on any atom is 0.293 e. The van der Waals surface area contributed by atoms with E-state index in [2.05, 4.69) is 27.8 Å². The second kappa shape index (κ2) is 5.45. The lowest BCUT2D eigenvalue weighted by Gasteiger charge is -2.25. The van der Waals surface area contributed by atoms with Crippen molar-refractivity contribution >= 4 is 38.9 Å². The van der Waals surface area contributed by atoms with Crippen LogP contribution in [-0.4, -0.2) is 17.5 Å². The van der Waals surface area contributed by atoms with Crippen molar-refractivity contribution in [3.63, 3.8) is 0 Å². The Bertz CT molecular complexity index is 481. The summed E-state index contributed by atoms with van der Waals surface area (Å²) >= 11 is 9.30. The van der Waals surface area contributed by atoms with E-state index >= 15 is 0 Å². The van der Waals surface area contributed by atoms with Gasteiger partial charge in [0.05, 0.1) is 9.95 Å². The standard InChI is InChI=1S/C12H14BrClN2O2/c1-2-8-4-3-5-15(8)11-7-10(14)9(13)6-12(11)16(17)18/h6-8H,2-5H2,1H3. The fourth-order valence-electron chi connectivity index (χ4n) is 2.48. The molecule has 1 saturated heterocycles. The molecule has 1 atom stereocenters. The summed E-state index contributed by atoms with van der Waals surface area (Å²) in [4.78, 5) is 12.9. The Balaban J connectivity index is 2.48. The first-order chi connectivity index (χ1) is 8.54. The Morgan fingerprint density at radius 3 is 2.94 bits per heavy atom. The van der Waals surface area contributed by atoms with Crippen molar-refractivity contribution in [2.75, 3.05) is 11.4 Å². The van der Waals surface area contributed by atoms with E-state index in [1.807, 2.05) is 0 Å². The smallest absolute Gasteiger partial charge is 0.293 e. The normalized spacial score (nSPS) is 19.3. The van der Waals surface area contributed by atoms with Gasteiger partial charge in [-0.2, -0.15) is 0 Å². The summed E-state index contributed by atoms with van der Waals surface area (Å²) in [6.45, 7) is 2.96. The fraction of sp³-hybridized carbons (Fsp3) is 0.500. The van der Waals surface area contributed by atoms with Crippen molar-refractivity contribution < 1.29 is 4.92 Å². The number of anilines is 1. The summed E-state index contributed by atoms with van der Waals surface area (Å²) in [6, 6.07) is 3.56. The zero-order valence-corrected chi connectivity index (χ0v) is 12.4. The first kappa shape index (κ1) is 13.6. The highest BCUT2D eigenvalue weighted by atomic mass is 79.9. The van der Waals surface area contributed by atoms with Crippen molar-refractivity contribution in [2.24, 2.45) is 0 Å². The predicted molar refractivity (Wildman–Crippen MR) is 76.5 cm³/mol. The largest absolute Gasteiger partial charge is 0.363 e. The van der Waals surface area contributed by atoms with Crippen LogP contribution in [0.4, 0.5) is 11.4 Å². The summed E-state index contributed by atoms with van der Waals surface area (Å²) in [7, 11) is 0. The SMILES string of the molecule is CCC1CCCN1c1cc(Cl)c(Br)cc1[N+](=O)[O-]. The molecule has 0 radical (unpaired) electrons. The Morgan fingerprint density at radius 2 is 2.33 bits per heavy atom. The third-order valence-electron chi connectivity index (χ3n) is 3.37. The van der Waals surface area contributed by atoms with E-state index in [9.17, 15) is 10.1 Å². The Morgan fingerprint density at radius 1 is 1.61 bits per heavy atom. The van der Waals surface area contributed by atoms with Crippen LogP contribution in [0.5, 0.6) is 0 Å². The van der Waals surface area contributed by atoms with Crippen molar-refractivity contribution in [3.05, 3.63) is 31.7 Å². The first-order valence-electron chi connectivity index (χ1n) is 5.94. The molecule has 0 aliphatic carbocycles. The van der Waals surface area contributed by atoms with Gasteiger partial charge in [0.25, 0.3) is 5.69 Å². The number of rotatable bonds is 3. The van der Waals surface area contributed by atoms with Crippen LogP contribution in [0.2, 0.25) is 5.02 Å². The molecule has 1 aliphatic rings. The summed E-state index contributed by atoms with van der Waals surface area (Å²) in [5.41, 5.74) is 0.754. The summed E-state index contributed by atoms with van der Waals surface area (Å²) < 4.78 is 0.562. The molecule has 0 bridgehead atoms. The third-order valence-corrected chi connectivity index (χ3v) is 4.57. The highest BCUT2D eigenvalue weighted by molar-refractivity contribution is 9.10. The molecule has 0 saturated carbocycles. The lowest BCUT2D eigenvalue weighted by atomic mass is 10.1. The molecule has 0 aromatic heterocycles. The van der Waals surface area contributed by atoms with E-state index in [1.165, 1.54) is 6.07 Å². The molecule has 0 N–H and O–H groups in total. The van der Waals surface area contributed by atoms with Gasteiger partial charge in [-0.25, -0.2) is 0 Å². The quantitative estimate of drug-likeness (QED) is 0.609. The molecule has 1 aliphatic heterocycles. The molecular formula is C12H14BrClN2O2. The minimum absolute atomic E-state index is 0.117. The molecule has 1 aromatic rings. The molecule has 6 heteroatoms. The molecule has 18 heavy (non-hydrogen) atoms. The number of benzene rings is 1. The Hall–Kier alpha value is -0.810. The third kappa shape index (κ3) is 2.47. The summed E-state index contributed by atoms with van der Waals surface area (Å²) in [5, 5.41) is 11.7. The lowest BCUT2D eigenvalue weighted by Crippen LogP contribution is -2.29. The first-order valence-corrected chi connectivity index (χ1v) is 7.11. The molecule has 1 aromatic carbocycles. The van der Waals surface area contributed by atoms with Gasteiger partial charge in [0, 0.05) is 23.1 Å². The van der Waals surface area contributed by atoms with E-state index in [1.54, 1.807) is 6.07 Å². The van der Waals surface area contributed by atoms with Gasteiger partial charge < -0.3 is 4.90 Å². The van der Waals surface area contributed by atoms with E-state index in [0.29, 0.717) is 21.2 Å². The summed E-state index contributed by atoms with van der Waals surface area (Å²) in [5.74, 6) is 0. The van der Waals surface area contributed by atoms with Gasteiger partial charge in [0.15, 0.2) is 0 Å². The molecular weight excluding hydrogens is 320 g/mol. The number of hydrogen-bond donors (Lipinski definition) is 0. The minimum atomic E-state index is -0.346. The summed E-state index contributed by atoms with van der Waals surface area (Å²) in [6.07, 6.45) is 3.15. The van der Waals surface area contributed by atoms with Gasteiger partial charge in [-0.15, -0.1) is 0 Å². The van der Waals surface area contributed by atoms with E-state index in [-0.39, 0.29) is 10.6 Å². The van der Waals surface area contributed by atoms with Crippen molar-refractivity contribution in [3.8, 4) is 0 Å². The zero-order valence-electron chi connectivity index (χ0n) is 10.0. The maximum absolute atomic E-state index is 11.2. The van der Waals surface area contributed by atoms with Gasteiger partial charge >= 0.3 is 0 Å². The lowest BCUT2D eigenvalue weighted by molar-refractivity contribution is -0.384. The van der Waals surface area contributed by atoms with Crippen LogP contribution in [0.15, 0.2) is 16.6 Å². The molecule has 1 heterocycles. The van der Waals surface area contributed by atoms with Crippen LogP contribution in [0.25, 0.3) is 0 Å². The monoisotopic (exact) mass is 332 g/mol. The Labute approximate surface area is 119 Å². The zero-order chi connectivity index (χ0) is 13.3. The van der Waals surface area contributed by atoms with E-state index < -0.39 is 0 Å². The number of nitrogens with zero attached hydrogens (tertiary/aromatic N) is 2. The van der Waals surface area contributed by atoms with E-state index in [4.69, 9.17) is 11.6 Å². The average molecular weight is 334 g/mol. The number of nitro groups is 1. The molecule has 98 valence electrons. The number of nitro benzene ring substituents is 1. The van der Waals surface area contributed by atoms with Crippen LogP contribution in [0.3, 0.4) is 0 Å². The fourth-order valence-corrected chi connectivity index (χ4v) is 2.97. The van der Waals surface area contributed by atoms with Crippen LogP contribution in [0.1, 0.15) is 26.2 Å². The molecule has 0 amide bonds. The van der Waals surface area contributed by atoms with Gasteiger partial charge in [-0.05, 0) is 41.3 Å². The van der Waals surface area contributed by atoms with Gasteiger partial charge in [-0.3, -0.25) is 10.1 Å². The average Bonchev–Trinajstić information content (AvgIpc) is 2.79. The highest BCUT2D eigenvalue weighted by Gasteiger charge is 2.29. The number of halogens is 2. The molecule has 2 rings (SSSR count). The molecule has 1 fully saturated rings. The van der Waals surface area contributed by atoms with Crippen LogP contribution < -0.4 is 4.90 Å². The Kier molecular flexibility index (Phi) is 4.12. The molecule has 1 unspecified atom stereocenters. The van der Waals surface area contributed by atoms with Crippen LogP contribution >= 0.6 is 27.5 Å². The second-order valence-electron chi connectivity index (χ2n) is 4.41. The minimum Gasteiger partial charge on any atom is -0.363 e. The van der Waals surface area contributed by atoms with Crippen molar-refractivity contribution in [1.82, 2.24) is 0 Å². The predicted octanol–water partition coefficient (Wildman–Crippen LogP) is 4.39.